The van der Waals surface area contributed by atoms with Gasteiger partial charge in [-0.1, -0.05) is 15.9 Å². The number of esters is 2. The van der Waals surface area contributed by atoms with Crippen LogP contribution in [0, 0.1) is 0 Å². The van der Waals surface area contributed by atoms with Crippen LogP contribution in [0.25, 0.3) is 0 Å². The highest BCUT2D eigenvalue weighted by molar-refractivity contribution is 9.09. The van der Waals surface area contributed by atoms with Crippen molar-refractivity contribution in [3.8, 4) is 0 Å². The molecule has 1 aliphatic heterocycles. The largest absolute Gasteiger partial charge is 0.459 e. The minimum atomic E-state index is -0.580. The van der Waals surface area contributed by atoms with Gasteiger partial charge in [0.2, 0.25) is 6.29 Å². The molecule has 1 fully saturated rings. The third kappa shape index (κ3) is 3.75. The third-order valence-corrected chi connectivity index (χ3v) is 3.10. The molecule has 4 atom stereocenters. The number of ether oxygens (including phenoxy) is 3. The molecule has 92 valence electrons. The second-order valence-corrected chi connectivity index (χ2v) is 4.88. The van der Waals surface area contributed by atoms with E-state index >= 15 is 0 Å². The first-order chi connectivity index (χ1) is 7.40. The molecule has 0 saturated carbocycles. The topological polar surface area (TPSA) is 61.8 Å². The maximum Gasteiger partial charge on any atom is 0.304 e. The molecule has 5 nitrogen and oxygen atoms in total. The number of hydrogen-bond donors (Lipinski definition) is 0. The van der Waals surface area contributed by atoms with Crippen LogP contribution < -0.4 is 0 Å². The number of alkyl halides is 1. The van der Waals surface area contributed by atoms with Crippen molar-refractivity contribution in [3.05, 3.63) is 0 Å². The fourth-order valence-corrected chi connectivity index (χ4v) is 2.45. The Kier molecular flexibility index (Phi) is 4.73. The summed E-state index contributed by atoms with van der Waals surface area (Å²) in [6.07, 6.45) is -0.790. The van der Waals surface area contributed by atoms with Gasteiger partial charge in [-0.2, -0.15) is 0 Å². The van der Waals surface area contributed by atoms with Gasteiger partial charge < -0.3 is 14.2 Å². The van der Waals surface area contributed by atoms with Gasteiger partial charge in [0.15, 0.2) is 0 Å². The molecule has 1 unspecified atom stereocenters. The van der Waals surface area contributed by atoms with Gasteiger partial charge in [0.25, 0.3) is 0 Å². The second-order valence-electron chi connectivity index (χ2n) is 3.71. The van der Waals surface area contributed by atoms with Crippen LogP contribution in [0.1, 0.15) is 27.2 Å². The lowest BCUT2D eigenvalue weighted by atomic mass is 10.1. The van der Waals surface area contributed by atoms with Crippen molar-refractivity contribution >= 4 is 27.9 Å². The molecule has 1 saturated heterocycles. The first-order valence-electron chi connectivity index (χ1n) is 5.04. The van der Waals surface area contributed by atoms with Crippen LogP contribution in [0.3, 0.4) is 0 Å². The van der Waals surface area contributed by atoms with Gasteiger partial charge in [-0.3, -0.25) is 9.59 Å². The highest BCUT2D eigenvalue weighted by Crippen LogP contribution is 2.28. The molecular weight excluding hydrogens is 280 g/mol. The summed E-state index contributed by atoms with van der Waals surface area (Å²) in [5.41, 5.74) is 0. The molecule has 1 heterocycles. The third-order valence-electron chi connectivity index (χ3n) is 2.20. The van der Waals surface area contributed by atoms with E-state index in [0.29, 0.717) is 6.42 Å². The Balaban J connectivity index is 2.56. The van der Waals surface area contributed by atoms with Gasteiger partial charge >= 0.3 is 11.9 Å². The van der Waals surface area contributed by atoms with E-state index in [4.69, 9.17) is 14.2 Å². The molecule has 6 heteroatoms. The number of hydrogen-bond acceptors (Lipinski definition) is 5. The van der Waals surface area contributed by atoms with Crippen LogP contribution in [-0.4, -0.2) is 35.3 Å². The van der Waals surface area contributed by atoms with Gasteiger partial charge in [-0.05, 0) is 6.92 Å². The summed E-state index contributed by atoms with van der Waals surface area (Å²) in [6, 6.07) is 0. The zero-order valence-corrected chi connectivity index (χ0v) is 11.0. The standard InChI is InChI=1S/C10H15BrO5/c1-5-10(16-7(3)13)8(11)4-9(14-5)15-6(2)12/h5,8-10H,4H2,1-3H3/t5-,8-,9?,10-/m0/s1. The van der Waals surface area contributed by atoms with Crippen LogP contribution in [0.2, 0.25) is 0 Å². The van der Waals surface area contributed by atoms with Crippen LogP contribution in [0.4, 0.5) is 0 Å². The normalized spacial score (nSPS) is 34.2. The van der Waals surface area contributed by atoms with Crippen molar-refractivity contribution in [1.29, 1.82) is 0 Å². The SMILES string of the molecule is CC(=O)OC1C[C@H](Br)[C@@H](OC(C)=O)[C@H](C)O1. The lowest BCUT2D eigenvalue weighted by Gasteiger charge is -2.36. The van der Waals surface area contributed by atoms with E-state index < -0.39 is 6.29 Å². The molecule has 0 aliphatic carbocycles. The van der Waals surface area contributed by atoms with Gasteiger partial charge in [-0.25, -0.2) is 0 Å². The minimum Gasteiger partial charge on any atom is -0.459 e. The van der Waals surface area contributed by atoms with Gasteiger partial charge in [-0.15, -0.1) is 0 Å². The summed E-state index contributed by atoms with van der Waals surface area (Å²) >= 11 is 3.41. The minimum absolute atomic E-state index is 0.0792. The molecule has 0 bridgehead atoms. The quantitative estimate of drug-likeness (QED) is 0.569. The van der Waals surface area contributed by atoms with Crippen molar-refractivity contribution in [2.24, 2.45) is 0 Å². The smallest absolute Gasteiger partial charge is 0.304 e. The predicted molar refractivity (Wildman–Crippen MR) is 59.0 cm³/mol. The number of carbonyl (C=O) groups excluding carboxylic acids is 2. The average Bonchev–Trinajstić information content (AvgIpc) is 2.10. The average molecular weight is 295 g/mol. The second kappa shape index (κ2) is 5.63. The molecule has 0 radical (unpaired) electrons. The summed E-state index contributed by atoms with van der Waals surface area (Å²) in [7, 11) is 0. The summed E-state index contributed by atoms with van der Waals surface area (Å²) in [5.74, 6) is -0.737. The highest BCUT2D eigenvalue weighted by Gasteiger charge is 2.38. The molecule has 0 aromatic rings. The summed E-state index contributed by atoms with van der Waals surface area (Å²) < 4.78 is 15.5. The lowest BCUT2D eigenvalue weighted by Crippen LogP contribution is -2.47. The maximum absolute atomic E-state index is 10.9. The monoisotopic (exact) mass is 294 g/mol. The molecule has 0 N–H and O–H groups in total. The van der Waals surface area contributed by atoms with Crippen LogP contribution >= 0.6 is 15.9 Å². The molecule has 0 amide bonds. The zero-order chi connectivity index (χ0) is 12.3. The van der Waals surface area contributed by atoms with Crippen molar-refractivity contribution in [2.45, 2.75) is 50.5 Å². The first-order valence-corrected chi connectivity index (χ1v) is 5.95. The highest BCUT2D eigenvalue weighted by atomic mass is 79.9. The van der Waals surface area contributed by atoms with Crippen LogP contribution in [0.15, 0.2) is 0 Å². The summed E-state index contributed by atoms with van der Waals surface area (Å²) in [5, 5.41) is 0. The van der Waals surface area contributed by atoms with Crippen LogP contribution in [-0.2, 0) is 23.8 Å². The number of halogens is 1. The molecule has 1 aliphatic rings. The zero-order valence-electron chi connectivity index (χ0n) is 9.44. The van der Waals surface area contributed by atoms with E-state index in [1.54, 1.807) is 6.92 Å². The molecule has 0 aromatic carbocycles. The molecule has 0 aromatic heterocycles. The number of rotatable bonds is 2. The summed E-state index contributed by atoms with van der Waals surface area (Å²) in [6.45, 7) is 4.46. The lowest BCUT2D eigenvalue weighted by molar-refractivity contribution is -0.220. The van der Waals surface area contributed by atoms with Crippen molar-refractivity contribution < 1.29 is 23.8 Å². The van der Waals surface area contributed by atoms with E-state index in [1.165, 1.54) is 13.8 Å². The van der Waals surface area contributed by atoms with Gasteiger partial charge in [0.05, 0.1) is 10.9 Å². The van der Waals surface area contributed by atoms with Crippen molar-refractivity contribution in [2.75, 3.05) is 0 Å². The Hall–Kier alpha value is -0.620. The summed E-state index contributed by atoms with van der Waals surface area (Å²) in [4.78, 5) is 21.6. The Bertz CT molecular complexity index is 268. The van der Waals surface area contributed by atoms with Crippen molar-refractivity contribution in [1.82, 2.24) is 0 Å². The Morgan fingerprint density at radius 3 is 2.25 bits per heavy atom. The molecule has 16 heavy (non-hydrogen) atoms. The Labute approximate surface area is 103 Å². The Morgan fingerprint density at radius 2 is 1.81 bits per heavy atom. The molecule has 0 spiro atoms. The van der Waals surface area contributed by atoms with E-state index in [0.717, 1.165) is 0 Å². The Morgan fingerprint density at radius 1 is 1.25 bits per heavy atom. The van der Waals surface area contributed by atoms with Crippen molar-refractivity contribution in [3.63, 3.8) is 0 Å². The van der Waals surface area contributed by atoms with E-state index in [2.05, 4.69) is 15.9 Å². The van der Waals surface area contributed by atoms with E-state index in [1.807, 2.05) is 0 Å². The molecule has 1 rings (SSSR count). The molecular formula is C10H15BrO5. The van der Waals surface area contributed by atoms with E-state index in [-0.39, 0.29) is 29.0 Å². The first kappa shape index (κ1) is 13.4. The van der Waals surface area contributed by atoms with Gasteiger partial charge in [0, 0.05) is 20.3 Å². The maximum atomic E-state index is 10.9. The predicted octanol–water partition coefficient (Wildman–Crippen LogP) is 1.38. The van der Waals surface area contributed by atoms with Crippen LogP contribution in [0.5, 0.6) is 0 Å². The fourth-order valence-electron chi connectivity index (χ4n) is 1.61. The van der Waals surface area contributed by atoms with Gasteiger partial charge in [0.1, 0.15) is 6.10 Å². The van der Waals surface area contributed by atoms with E-state index in [9.17, 15) is 9.59 Å². The fraction of sp³-hybridized carbons (Fsp3) is 0.800. The number of carbonyl (C=O) groups is 2.